The van der Waals surface area contributed by atoms with Crippen LogP contribution >= 0.6 is 27.5 Å². The van der Waals surface area contributed by atoms with Crippen LogP contribution in [0.3, 0.4) is 0 Å². The van der Waals surface area contributed by atoms with E-state index >= 15 is 0 Å². The van der Waals surface area contributed by atoms with Gasteiger partial charge in [-0.15, -0.1) is 0 Å². The van der Waals surface area contributed by atoms with Crippen molar-refractivity contribution >= 4 is 27.5 Å². The van der Waals surface area contributed by atoms with Crippen molar-refractivity contribution in [3.05, 3.63) is 62.8 Å². The average molecular weight is 373 g/mol. The minimum Gasteiger partial charge on any atom is -0.489 e. The van der Waals surface area contributed by atoms with Crippen molar-refractivity contribution in [3.8, 4) is 5.75 Å². The molecule has 0 saturated heterocycles. The number of halogens is 3. The van der Waals surface area contributed by atoms with Gasteiger partial charge in [-0.3, -0.25) is 0 Å². The fourth-order valence-corrected chi connectivity index (χ4v) is 2.52. The van der Waals surface area contributed by atoms with Crippen molar-refractivity contribution in [1.82, 2.24) is 5.32 Å². The summed E-state index contributed by atoms with van der Waals surface area (Å²) in [4.78, 5) is 0. The zero-order valence-electron chi connectivity index (χ0n) is 11.8. The van der Waals surface area contributed by atoms with Crippen LogP contribution < -0.4 is 10.1 Å². The highest BCUT2D eigenvalue weighted by atomic mass is 79.9. The highest BCUT2D eigenvalue weighted by molar-refractivity contribution is 9.10. The van der Waals surface area contributed by atoms with Gasteiger partial charge in [0.05, 0.1) is 4.47 Å². The molecule has 1 atom stereocenters. The zero-order chi connectivity index (χ0) is 15.4. The van der Waals surface area contributed by atoms with E-state index in [0.29, 0.717) is 9.50 Å². The van der Waals surface area contributed by atoms with Crippen LogP contribution in [-0.2, 0) is 6.61 Å². The molecule has 1 unspecified atom stereocenters. The number of hydrogen-bond acceptors (Lipinski definition) is 2. The predicted molar refractivity (Wildman–Crippen MR) is 87.4 cm³/mol. The van der Waals surface area contributed by atoms with Crippen molar-refractivity contribution < 1.29 is 9.13 Å². The predicted octanol–water partition coefficient (Wildman–Crippen LogP) is 5.10. The van der Waals surface area contributed by atoms with Gasteiger partial charge in [0, 0.05) is 22.2 Å². The second-order valence-corrected chi connectivity index (χ2v) is 5.92. The van der Waals surface area contributed by atoms with Crippen LogP contribution in [0.25, 0.3) is 0 Å². The number of hydrogen-bond donors (Lipinski definition) is 1. The van der Waals surface area contributed by atoms with Crippen molar-refractivity contribution in [1.29, 1.82) is 0 Å². The van der Waals surface area contributed by atoms with Crippen molar-refractivity contribution in [2.24, 2.45) is 0 Å². The molecule has 2 aromatic carbocycles. The second-order valence-electron chi connectivity index (χ2n) is 4.69. The van der Waals surface area contributed by atoms with Crippen molar-refractivity contribution in [2.45, 2.75) is 19.6 Å². The zero-order valence-corrected chi connectivity index (χ0v) is 14.1. The lowest BCUT2D eigenvalue weighted by molar-refractivity contribution is 0.299. The van der Waals surface area contributed by atoms with Gasteiger partial charge in [0.2, 0.25) is 0 Å². The topological polar surface area (TPSA) is 21.3 Å². The lowest BCUT2D eigenvalue weighted by Crippen LogP contribution is -2.14. The van der Waals surface area contributed by atoms with Crippen LogP contribution in [0, 0.1) is 5.82 Å². The van der Waals surface area contributed by atoms with Gasteiger partial charge in [0.15, 0.2) is 0 Å². The lowest BCUT2D eigenvalue weighted by Gasteiger charge is -2.17. The molecule has 1 N–H and O–H groups in total. The molecular formula is C16H16BrClFNO. The van der Waals surface area contributed by atoms with Crippen LogP contribution in [0.4, 0.5) is 4.39 Å². The van der Waals surface area contributed by atoms with Crippen LogP contribution in [0.15, 0.2) is 40.9 Å². The molecule has 0 aliphatic rings. The smallest absolute Gasteiger partial charge is 0.137 e. The fraction of sp³-hybridized carbons (Fsp3) is 0.250. The van der Waals surface area contributed by atoms with Crippen molar-refractivity contribution in [2.75, 3.05) is 7.05 Å². The van der Waals surface area contributed by atoms with Gasteiger partial charge in [-0.05, 0) is 54.2 Å². The molecule has 2 nitrogen and oxygen atoms in total. The summed E-state index contributed by atoms with van der Waals surface area (Å²) < 4.78 is 19.8. The average Bonchev–Trinajstić information content (AvgIpc) is 2.49. The third-order valence-electron chi connectivity index (χ3n) is 3.29. The van der Waals surface area contributed by atoms with E-state index in [9.17, 15) is 4.39 Å². The molecule has 0 saturated carbocycles. The molecule has 5 heteroatoms. The van der Waals surface area contributed by atoms with E-state index in [1.165, 1.54) is 6.07 Å². The molecule has 0 spiro atoms. The highest BCUT2D eigenvalue weighted by Gasteiger charge is 2.12. The van der Waals surface area contributed by atoms with E-state index in [4.69, 9.17) is 16.3 Å². The first-order valence-corrected chi connectivity index (χ1v) is 7.72. The fourth-order valence-electron chi connectivity index (χ4n) is 1.96. The normalized spacial score (nSPS) is 12.2. The molecule has 0 radical (unpaired) electrons. The lowest BCUT2D eigenvalue weighted by atomic mass is 10.1. The van der Waals surface area contributed by atoms with Crippen LogP contribution in [0.5, 0.6) is 5.75 Å². The Morgan fingerprint density at radius 3 is 2.81 bits per heavy atom. The van der Waals surface area contributed by atoms with Gasteiger partial charge in [-0.1, -0.05) is 23.7 Å². The van der Waals surface area contributed by atoms with Crippen LogP contribution in [0.1, 0.15) is 24.1 Å². The molecule has 112 valence electrons. The first-order chi connectivity index (χ1) is 10.0. The molecule has 0 heterocycles. The molecule has 0 aliphatic heterocycles. The number of rotatable bonds is 5. The van der Waals surface area contributed by atoms with E-state index in [0.717, 1.165) is 16.9 Å². The summed E-state index contributed by atoms with van der Waals surface area (Å²) in [5, 5.41) is 3.82. The van der Waals surface area contributed by atoms with Gasteiger partial charge in [-0.2, -0.15) is 0 Å². The molecule has 2 aromatic rings. The van der Waals surface area contributed by atoms with E-state index in [1.807, 2.05) is 32.2 Å². The summed E-state index contributed by atoms with van der Waals surface area (Å²) in [7, 11) is 1.87. The van der Waals surface area contributed by atoms with Crippen LogP contribution in [-0.4, -0.2) is 7.05 Å². The maximum absolute atomic E-state index is 13.5. The Morgan fingerprint density at radius 2 is 2.10 bits per heavy atom. The Kier molecular flexibility index (Phi) is 5.62. The van der Waals surface area contributed by atoms with E-state index in [1.54, 1.807) is 12.1 Å². The molecule has 0 bridgehead atoms. The van der Waals surface area contributed by atoms with E-state index in [2.05, 4.69) is 21.2 Å². The first kappa shape index (κ1) is 16.3. The third-order valence-corrected chi connectivity index (χ3v) is 4.41. The minimum atomic E-state index is -0.295. The Morgan fingerprint density at radius 1 is 1.33 bits per heavy atom. The Bertz CT molecular complexity index is 636. The molecule has 0 fully saturated rings. The number of nitrogens with one attached hydrogen (secondary N) is 1. The first-order valence-electron chi connectivity index (χ1n) is 6.55. The Labute approximate surface area is 137 Å². The summed E-state index contributed by atoms with van der Waals surface area (Å²) in [6.07, 6.45) is 0. The summed E-state index contributed by atoms with van der Waals surface area (Å²) in [5.41, 5.74) is 1.73. The molecule has 21 heavy (non-hydrogen) atoms. The number of ether oxygens (including phenoxy) is 1. The van der Waals surface area contributed by atoms with E-state index < -0.39 is 0 Å². The third kappa shape index (κ3) is 3.96. The van der Waals surface area contributed by atoms with Gasteiger partial charge >= 0.3 is 0 Å². The molecular weight excluding hydrogens is 357 g/mol. The van der Waals surface area contributed by atoms with Gasteiger partial charge in [0.1, 0.15) is 18.2 Å². The Balaban J connectivity index is 2.22. The van der Waals surface area contributed by atoms with Gasteiger partial charge in [0.25, 0.3) is 0 Å². The maximum Gasteiger partial charge on any atom is 0.137 e. The monoisotopic (exact) mass is 371 g/mol. The Hall–Kier alpha value is -1.10. The van der Waals surface area contributed by atoms with E-state index in [-0.39, 0.29) is 18.5 Å². The quantitative estimate of drug-likeness (QED) is 0.788. The highest BCUT2D eigenvalue weighted by Crippen LogP contribution is 2.30. The summed E-state index contributed by atoms with van der Waals surface area (Å²) in [5.74, 6) is 0.438. The minimum absolute atomic E-state index is 0.106. The summed E-state index contributed by atoms with van der Waals surface area (Å²) >= 11 is 9.28. The SMILES string of the molecule is CNC(C)c1cc(Cl)ccc1OCc1cccc(F)c1Br. The van der Waals surface area contributed by atoms with Crippen LogP contribution in [0.2, 0.25) is 5.02 Å². The van der Waals surface area contributed by atoms with Gasteiger partial charge < -0.3 is 10.1 Å². The van der Waals surface area contributed by atoms with Gasteiger partial charge in [-0.25, -0.2) is 4.39 Å². The standard InChI is InChI=1S/C16H16BrClFNO/c1-10(20-2)13-8-12(18)6-7-15(13)21-9-11-4-3-5-14(19)16(11)17/h3-8,10,20H,9H2,1-2H3. The summed E-state index contributed by atoms with van der Waals surface area (Å²) in [6.45, 7) is 2.31. The molecule has 0 amide bonds. The molecule has 0 aliphatic carbocycles. The largest absolute Gasteiger partial charge is 0.489 e. The molecule has 2 rings (SSSR count). The van der Waals surface area contributed by atoms with Crippen molar-refractivity contribution in [3.63, 3.8) is 0 Å². The summed E-state index contributed by atoms with van der Waals surface area (Å²) in [6, 6.07) is 10.5. The second kappa shape index (κ2) is 7.25. The maximum atomic E-state index is 13.5. The number of benzene rings is 2. The molecule has 0 aromatic heterocycles.